The third-order valence-electron chi connectivity index (χ3n) is 4.80. The number of nitrogens with one attached hydrogen (secondary N) is 1. The van der Waals surface area contributed by atoms with E-state index in [4.69, 9.17) is 11.6 Å². The van der Waals surface area contributed by atoms with Gasteiger partial charge in [0, 0.05) is 51.0 Å². The Kier molecular flexibility index (Phi) is 10.4. The quantitative estimate of drug-likeness (QED) is 0.331. The smallest absolute Gasteiger partial charge is 0.193 e. The van der Waals surface area contributed by atoms with E-state index in [1.807, 2.05) is 30.9 Å². The van der Waals surface area contributed by atoms with Crippen LogP contribution in [0.15, 0.2) is 35.5 Å². The van der Waals surface area contributed by atoms with Gasteiger partial charge in [0.1, 0.15) is 0 Å². The van der Waals surface area contributed by atoms with Crippen LogP contribution in [0.2, 0.25) is 5.02 Å². The van der Waals surface area contributed by atoms with Gasteiger partial charge in [-0.2, -0.15) is 5.10 Å². The van der Waals surface area contributed by atoms with Crippen LogP contribution < -0.4 is 5.32 Å². The highest BCUT2D eigenvalue weighted by Crippen LogP contribution is 2.21. The molecule has 0 aliphatic carbocycles. The molecule has 0 amide bonds. The minimum atomic E-state index is 0. The van der Waals surface area contributed by atoms with E-state index < -0.39 is 0 Å². The fraction of sp³-hybridized carbons (Fsp3) is 0.524. The molecule has 1 N–H and O–H groups in total. The lowest BCUT2D eigenvalue weighted by molar-refractivity contribution is 0.295. The lowest BCUT2D eigenvalue weighted by Gasteiger charge is -2.28. The first-order chi connectivity index (χ1) is 13.2. The van der Waals surface area contributed by atoms with Crippen LogP contribution in [0.5, 0.6) is 0 Å². The maximum absolute atomic E-state index is 6.04. The van der Waals surface area contributed by atoms with Crippen molar-refractivity contribution in [3.8, 4) is 0 Å². The third kappa shape index (κ3) is 7.15. The number of nitrogens with zero attached hydrogens (tertiary/aromatic N) is 5. The Hall–Kier alpha value is -1.32. The Morgan fingerprint density at radius 1 is 1.21 bits per heavy atom. The van der Waals surface area contributed by atoms with Gasteiger partial charge in [-0.1, -0.05) is 37.6 Å². The minimum absolute atomic E-state index is 0. The number of hydrogen-bond donors (Lipinski definition) is 1. The second kappa shape index (κ2) is 11.8. The molecule has 6 nitrogen and oxygen atoms in total. The lowest BCUT2D eigenvalue weighted by atomic mass is 10.1. The number of aliphatic imine (C=N–C) groups is 1. The molecule has 162 valence electrons. The predicted octanol–water partition coefficient (Wildman–Crippen LogP) is 4.13. The van der Waals surface area contributed by atoms with Crippen molar-refractivity contribution in [2.45, 2.75) is 32.4 Å². The third-order valence-corrected chi connectivity index (χ3v) is 5.05. The average Bonchev–Trinajstić information content (AvgIpc) is 3.00. The molecule has 0 fully saturated rings. The van der Waals surface area contributed by atoms with Gasteiger partial charge in [0.2, 0.25) is 0 Å². The zero-order valence-corrected chi connectivity index (χ0v) is 21.6. The largest absolute Gasteiger partial charge is 0.354 e. The van der Waals surface area contributed by atoms with E-state index in [0.717, 1.165) is 29.8 Å². The van der Waals surface area contributed by atoms with Gasteiger partial charge in [-0.15, -0.1) is 24.0 Å². The molecule has 1 unspecified atom stereocenters. The first kappa shape index (κ1) is 25.7. The van der Waals surface area contributed by atoms with E-state index in [1.165, 1.54) is 11.1 Å². The van der Waals surface area contributed by atoms with Crippen LogP contribution in [0.3, 0.4) is 0 Å². The highest BCUT2D eigenvalue weighted by Gasteiger charge is 2.18. The van der Waals surface area contributed by atoms with E-state index in [1.54, 1.807) is 0 Å². The van der Waals surface area contributed by atoms with Crippen molar-refractivity contribution in [3.63, 3.8) is 0 Å². The maximum atomic E-state index is 6.04. The van der Waals surface area contributed by atoms with Gasteiger partial charge in [-0.25, -0.2) is 0 Å². The molecule has 1 atom stereocenters. The summed E-state index contributed by atoms with van der Waals surface area (Å²) >= 11 is 6.04. The van der Waals surface area contributed by atoms with Gasteiger partial charge in [0.05, 0.1) is 11.7 Å². The summed E-state index contributed by atoms with van der Waals surface area (Å²) in [5.74, 6) is 1.25. The van der Waals surface area contributed by atoms with E-state index >= 15 is 0 Å². The molecule has 8 heteroatoms. The average molecular weight is 533 g/mol. The molecule has 1 aromatic carbocycles. The van der Waals surface area contributed by atoms with Crippen LogP contribution in [-0.4, -0.2) is 60.3 Å². The van der Waals surface area contributed by atoms with Crippen LogP contribution in [0, 0.1) is 0 Å². The number of guanidine groups is 1. The molecule has 0 aliphatic rings. The predicted molar refractivity (Wildman–Crippen MR) is 133 cm³/mol. The standard InChI is InChI=1S/C21H33ClN6.HI/c1-15(2)20-17(14-28(7)25-20)13-27(6)21(23-3)24-12-19(26(4)5)16-8-10-18(22)11-9-16;/h8-11,14-15,19H,12-13H2,1-7H3,(H,23,24);1H. The molecular weight excluding hydrogens is 499 g/mol. The number of hydrogen-bond acceptors (Lipinski definition) is 3. The number of aryl methyl sites for hydroxylation is 1. The number of benzene rings is 1. The second-order valence-corrected chi connectivity index (χ2v) is 8.12. The summed E-state index contributed by atoms with van der Waals surface area (Å²) < 4.78 is 1.89. The van der Waals surface area contributed by atoms with E-state index in [9.17, 15) is 0 Å². The Morgan fingerprint density at radius 2 is 1.83 bits per heavy atom. The van der Waals surface area contributed by atoms with Gasteiger partial charge in [0.15, 0.2) is 5.96 Å². The summed E-state index contributed by atoms with van der Waals surface area (Å²) in [4.78, 5) is 8.80. The van der Waals surface area contributed by atoms with Crippen LogP contribution in [0.1, 0.15) is 42.6 Å². The first-order valence-electron chi connectivity index (χ1n) is 9.59. The normalized spacial score (nSPS) is 12.8. The monoisotopic (exact) mass is 532 g/mol. The van der Waals surface area contributed by atoms with Gasteiger partial charge in [-0.05, 0) is 37.7 Å². The second-order valence-electron chi connectivity index (χ2n) is 7.68. The first-order valence-corrected chi connectivity index (χ1v) is 9.96. The molecule has 0 saturated heterocycles. The maximum Gasteiger partial charge on any atom is 0.193 e. The molecule has 29 heavy (non-hydrogen) atoms. The van der Waals surface area contributed by atoms with Crippen LogP contribution in [-0.2, 0) is 13.6 Å². The highest BCUT2D eigenvalue weighted by molar-refractivity contribution is 14.0. The van der Waals surface area contributed by atoms with Crippen LogP contribution in [0.4, 0.5) is 0 Å². The fourth-order valence-electron chi connectivity index (χ4n) is 3.35. The lowest BCUT2D eigenvalue weighted by Crippen LogP contribution is -2.42. The summed E-state index contributed by atoms with van der Waals surface area (Å²) in [6.45, 7) is 5.85. The Balaban J connectivity index is 0.00000420. The highest BCUT2D eigenvalue weighted by atomic mass is 127. The van der Waals surface area contributed by atoms with Gasteiger partial charge in [-0.3, -0.25) is 9.67 Å². The van der Waals surface area contributed by atoms with Crippen LogP contribution in [0.25, 0.3) is 0 Å². The number of rotatable bonds is 7. The molecule has 0 radical (unpaired) electrons. The summed E-state index contributed by atoms with van der Waals surface area (Å²) in [7, 11) is 10.0. The molecule has 2 rings (SSSR count). The van der Waals surface area contributed by atoms with Crippen molar-refractivity contribution in [2.75, 3.05) is 34.7 Å². The van der Waals surface area contributed by atoms with Crippen molar-refractivity contribution in [2.24, 2.45) is 12.0 Å². The van der Waals surface area contributed by atoms with E-state index in [2.05, 4.69) is 78.5 Å². The zero-order chi connectivity index (χ0) is 20.8. The van der Waals surface area contributed by atoms with Crippen molar-refractivity contribution >= 4 is 41.5 Å². The van der Waals surface area contributed by atoms with E-state index in [0.29, 0.717) is 5.92 Å². The van der Waals surface area contributed by atoms with Crippen LogP contribution >= 0.6 is 35.6 Å². The van der Waals surface area contributed by atoms with Crippen molar-refractivity contribution < 1.29 is 0 Å². The molecular formula is C21H34ClIN6. The molecule has 0 bridgehead atoms. The molecule has 0 aliphatic heterocycles. The Labute approximate surface area is 197 Å². The van der Waals surface area contributed by atoms with Crippen molar-refractivity contribution in [1.29, 1.82) is 0 Å². The Bertz CT molecular complexity index is 785. The fourth-order valence-corrected chi connectivity index (χ4v) is 3.48. The molecule has 1 heterocycles. The summed E-state index contributed by atoms with van der Waals surface area (Å²) in [5, 5.41) is 8.87. The van der Waals surface area contributed by atoms with E-state index in [-0.39, 0.29) is 30.0 Å². The summed E-state index contributed by atoms with van der Waals surface area (Å²) in [5.41, 5.74) is 3.58. The summed E-state index contributed by atoms with van der Waals surface area (Å²) in [6, 6.07) is 8.23. The van der Waals surface area contributed by atoms with Crippen molar-refractivity contribution in [3.05, 3.63) is 52.3 Å². The molecule has 0 spiro atoms. The minimum Gasteiger partial charge on any atom is -0.354 e. The SMILES string of the molecule is CN=C(NCC(c1ccc(Cl)cc1)N(C)C)N(C)Cc1cn(C)nc1C(C)C.I. The van der Waals surface area contributed by atoms with Gasteiger partial charge >= 0.3 is 0 Å². The molecule has 1 aromatic heterocycles. The molecule has 0 saturated carbocycles. The zero-order valence-electron chi connectivity index (χ0n) is 18.5. The number of halogens is 2. The topological polar surface area (TPSA) is 48.7 Å². The number of likely N-dealkylation sites (N-methyl/N-ethyl adjacent to an activating group) is 1. The Morgan fingerprint density at radius 3 is 2.34 bits per heavy atom. The van der Waals surface area contributed by atoms with Gasteiger partial charge < -0.3 is 15.1 Å². The summed E-state index contributed by atoms with van der Waals surface area (Å²) in [6.07, 6.45) is 2.09. The number of aromatic nitrogens is 2. The molecule has 2 aromatic rings. The van der Waals surface area contributed by atoms with Gasteiger partial charge in [0.25, 0.3) is 0 Å². The van der Waals surface area contributed by atoms with Crippen molar-refractivity contribution in [1.82, 2.24) is 24.9 Å².